The summed E-state index contributed by atoms with van der Waals surface area (Å²) >= 11 is 6.09. The number of fused-ring (bicyclic) bond motifs is 1. The molecule has 2 aliphatic rings. The maximum Gasteiger partial charge on any atom is 0.300 e. The molecule has 1 amide bonds. The normalized spacial score (nSPS) is 18.1. The highest BCUT2D eigenvalue weighted by molar-refractivity contribution is 6.51. The quantitative estimate of drug-likeness (QED) is 0.312. The third-order valence-corrected chi connectivity index (χ3v) is 6.18. The zero-order valence-corrected chi connectivity index (χ0v) is 19.5. The minimum atomic E-state index is -0.956. The number of amides is 1. The molecule has 0 bridgehead atoms. The van der Waals surface area contributed by atoms with Crippen LogP contribution in [0.2, 0.25) is 5.02 Å². The number of rotatable bonds is 5. The number of benzene rings is 3. The molecule has 0 saturated carbocycles. The Morgan fingerprint density at radius 2 is 1.63 bits per heavy atom. The molecule has 2 heterocycles. The Bertz CT molecular complexity index is 1340. The number of carbonyl (C=O) groups excluding carboxylic acids is 2. The SMILES string of the molecule is COc1cccc(OC)c1/C(O)=C1\C(=O)C(=O)N(c2ccc3c(c2)OCO3)C1c1ccc(Cl)cc1. The summed E-state index contributed by atoms with van der Waals surface area (Å²) in [5, 5.41) is 12.0. The number of hydrogen-bond acceptors (Lipinski definition) is 7. The topological polar surface area (TPSA) is 94.5 Å². The van der Waals surface area contributed by atoms with Gasteiger partial charge in [0.25, 0.3) is 11.7 Å². The van der Waals surface area contributed by atoms with Gasteiger partial charge in [0.1, 0.15) is 22.8 Å². The number of Topliss-reactive ketones (excluding diaryl/α,β-unsaturated/α-hetero) is 1. The fourth-order valence-corrected chi connectivity index (χ4v) is 4.44. The lowest BCUT2D eigenvalue weighted by Gasteiger charge is -2.26. The molecule has 3 aromatic rings. The maximum absolute atomic E-state index is 13.4. The third-order valence-electron chi connectivity index (χ3n) is 5.93. The molecule has 1 atom stereocenters. The van der Waals surface area contributed by atoms with Crippen LogP contribution in [0.15, 0.2) is 66.2 Å². The van der Waals surface area contributed by atoms with E-state index in [2.05, 4.69) is 0 Å². The smallest absolute Gasteiger partial charge is 0.300 e. The zero-order valence-electron chi connectivity index (χ0n) is 18.8. The number of methoxy groups -OCH3 is 2. The van der Waals surface area contributed by atoms with E-state index in [0.717, 1.165) is 0 Å². The van der Waals surface area contributed by atoms with E-state index in [-0.39, 0.29) is 29.4 Å². The minimum absolute atomic E-state index is 0.0613. The number of ether oxygens (including phenoxy) is 4. The van der Waals surface area contributed by atoms with E-state index >= 15 is 0 Å². The van der Waals surface area contributed by atoms with Crippen LogP contribution in [0, 0.1) is 0 Å². The zero-order chi connectivity index (χ0) is 24.7. The summed E-state index contributed by atoms with van der Waals surface area (Å²) in [7, 11) is 2.88. The second kappa shape index (κ2) is 8.88. The lowest BCUT2D eigenvalue weighted by Crippen LogP contribution is -2.29. The van der Waals surface area contributed by atoms with Gasteiger partial charge in [0, 0.05) is 16.8 Å². The largest absolute Gasteiger partial charge is 0.506 e. The summed E-state index contributed by atoms with van der Waals surface area (Å²) < 4.78 is 21.7. The number of ketones is 1. The molecule has 0 radical (unpaired) electrons. The van der Waals surface area contributed by atoms with Crippen molar-refractivity contribution in [3.05, 3.63) is 82.4 Å². The van der Waals surface area contributed by atoms with Gasteiger partial charge >= 0.3 is 0 Å². The van der Waals surface area contributed by atoms with Crippen LogP contribution < -0.4 is 23.8 Å². The average molecular weight is 494 g/mol. The number of aliphatic hydroxyl groups excluding tert-OH is 1. The summed E-state index contributed by atoms with van der Waals surface area (Å²) in [6.45, 7) is 0.0613. The molecule has 1 N–H and O–H groups in total. The van der Waals surface area contributed by atoms with Crippen molar-refractivity contribution in [2.24, 2.45) is 0 Å². The molecular formula is C26H20ClNO7. The monoisotopic (exact) mass is 493 g/mol. The Balaban J connectivity index is 1.75. The van der Waals surface area contributed by atoms with Crippen molar-refractivity contribution < 1.29 is 33.6 Å². The third kappa shape index (κ3) is 3.72. The van der Waals surface area contributed by atoms with Gasteiger partial charge in [-0.05, 0) is 42.0 Å². The fourth-order valence-electron chi connectivity index (χ4n) is 4.31. The molecule has 5 rings (SSSR count). The van der Waals surface area contributed by atoms with E-state index in [4.69, 9.17) is 30.5 Å². The number of carbonyl (C=O) groups is 2. The van der Waals surface area contributed by atoms with E-state index in [1.165, 1.54) is 19.1 Å². The van der Waals surface area contributed by atoms with Crippen LogP contribution in [0.25, 0.3) is 5.76 Å². The van der Waals surface area contributed by atoms with E-state index in [0.29, 0.717) is 27.8 Å². The minimum Gasteiger partial charge on any atom is -0.506 e. The first-order valence-electron chi connectivity index (χ1n) is 10.6. The number of aliphatic hydroxyl groups is 1. The Hall–Kier alpha value is -4.17. The number of nitrogens with zero attached hydrogens (tertiary/aromatic N) is 1. The molecule has 1 unspecified atom stereocenters. The van der Waals surface area contributed by atoms with E-state index in [1.54, 1.807) is 60.7 Å². The molecular weight excluding hydrogens is 474 g/mol. The summed E-state index contributed by atoms with van der Waals surface area (Å²) in [4.78, 5) is 28.1. The van der Waals surface area contributed by atoms with Crippen molar-refractivity contribution in [1.82, 2.24) is 0 Å². The molecule has 0 aromatic heterocycles. The first kappa shape index (κ1) is 22.6. The fraction of sp³-hybridized carbons (Fsp3) is 0.154. The van der Waals surface area contributed by atoms with Crippen LogP contribution in [-0.4, -0.2) is 37.8 Å². The van der Waals surface area contributed by atoms with Gasteiger partial charge in [0.05, 0.1) is 25.8 Å². The second-order valence-electron chi connectivity index (χ2n) is 7.80. The number of anilines is 1. The van der Waals surface area contributed by atoms with Crippen LogP contribution in [0.3, 0.4) is 0 Å². The highest BCUT2D eigenvalue weighted by atomic mass is 35.5. The Morgan fingerprint density at radius 3 is 2.29 bits per heavy atom. The van der Waals surface area contributed by atoms with Crippen LogP contribution >= 0.6 is 11.6 Å². The van der Waals surface area contributed by atoms with Crippen molar-refractivity contribution in [1.29, 1.82) is 0 Å². The van der Waals surface area contributed by atoms with Gasteiger partial charge in [-0.15, -0.1) is 0 Å². The van der Waals surface area contributed by atoms with Gasteiger partial charge < -0.3 is 24.1 Å². The number of hydrogen-bond donors (Lipinski definition) is 1. The van der Waals surface area contributed by atoms with Crippen LogP contribution in [0.1, 0.15) is 17.2 Å². The Labute approximate surface area is 205 Å². The summed E-state index contributed by atoms with van der Waals surface area (Å²) in [6, 6.07) is 15.6. The Morgan fingerprint density at radius 1 is 0.971 bits per heavy atom. The molecule has 8 nitrogen and oxygen atoms in total. The number of halogens is 1. The highest BCUT2D eigenvalue weighted by Crippen LogP contribution is 2.46. The first-order chi connectivity index (χ1) is 16.9. The predicted octanol–water partition coefficient (Wildman–Crippen LogP) is 4.71. The van der Waals surface area contributed by atoms with Crippen LogP contribution in [0.4, 0.5) is 5.69 Å². The van der Waals surface area contributed by atoms with Crippen molar-refractivity contribution >= 4 is 34.7 Å². The van der Waals surface area contributed by atoms with E-state index in [1.807, 2.05) is 0 Å². The summed E-state index contributed by atoms with van der Waals surface area (Å²) in [5.74, 6) is -0.525. The summed E-state index contributed by atoms with van der Waals surface area (Å²) in [6.07, 6.45) is 0. The van der Waals surface area contributed by atoms with Crippen molar-refractivity contribution in [3.8, 4) is 23.0 Å². The second-order valence-corrected chi connectivity index (χ2v) is 8.23. The van der Waals surface area contributed by atoms with Crippen LogP contribution in [-0.2, 0) is 9.59 Å². The van der Waals surface area contributed by atoms with Gasteiger partial charge in [0.2, 0.25) is 6.79 Å². The molecule has 1 fully saturated rings. The summed E-state index contributed by atoms with van der Waals surface area (Å²) in [5.41, 5.74) is 1.03. The molecule has 9 heteroatoms. The predicted molar refractivity (Wildman–Crippen MR) is 128 cm³/mol. The van der Waals surface area contributed by atoms with Gasteiger partial charge in [-0.25, -0.2) is 0 Å². The average Bonchev–Trinajstić information content (AvgIpc) is 3.45. The molecule has 0 spiro atoms. The lowest BCUT2D eigenvalue weighted by atomic mass is 9.94. The van der Waals surface area contributed by atoms with Gasteiger partial charge in [-0.1, -0.05) is 29.8 Å². The molecule has 35 heavy (non-hydrogen) atoms. The maximum atomic E-state index is 13.4. The van der Waals surface area contributed by atoms with Gasteiger partial charge in [-0.3, -0.25) is 14.5 Å². The van der Waals surface area contributed by atoms with Crippen molar-refractivity contribution in [2.45, 2.75) is 6.04 Å². The van der Waals surface area contributed by atoms with E-state index in [9.17, 15) is 14.7 Å². The standard InChI is InChI=1S/C26H20ClNO7/c1-32-18-4-3-5-19(33-2)21(18)24(29)22-23(14-6-8-15(27)9-7-14)28(26(31)25(22)30)16-10-11-17-20(12-16)35-13-34-17/h3-12,23,29H,13H2,1-2H3/b24-22+. The molecule has 178 valence electrons. The van der Waals surface area contributed by atoms with Crippen LogP contribution in [0.5, 0.6) is 23.0 Å². The van der Waals surface area contributed by atoms with Gasteiger partial charge in [0.15, 0.2) is 11.5 Å². The first-order valence-corrected chi connectivity index (χ1v) is 11.0. The van der Waals surface area contributed by atoms with Crippen molar-refractivity contribution in [3.63, 3.8) is 0 Å². The van der Waals surface area contributed by atoms with Gasteiger partial charge in [-0.2, -0.15) is 0 Å². The lowest BCUT2D eigenvalue weighted by molar-refractivity contribution is -0.132. The van der Waals surface area contributed by atoms with Crippen molar-refractivity contribution in [2.75, 3.05) is 25.9 Å². The highest BCUT2D eigenvalue weighted by Gasteiger charge is 2.47. The Kier molecular flexibility index (Phi) is 5.74. The molecule has 1 saturated heterocycles. The molecule has 2 aliphatic heterocycles. The molecule has 3 aromatic carbocycles. The molecule has 0 aliphatic carbocycles. The van der Waals surface area contributed by atoms with E-state index < -0.39 is 23.5 Å².